The van der Waals surface area contributed by atoms with Crippen LogP contribution in [0.15, 0.2) is 170 Å². The Morgan fingerprint density at radius 2 is 0.879 bits per heavy atom. The molecule has 0 atom stereocenters. The first-order valence-corrected chi connectivity index (χ1v) is 24.2. The highest BCUT2D eigenvalue weighted by molar-refractivity contribution is 6.17. The molecule has 0 N–H and O–H groups in total. The van der Waals surface area contributed by atoms with Crippen molar-refractivity contribution in [3.05, 3.63) is 231 Å². The molecule has 0 bridgehead atoms. The van der Waals surface area contributed by atoms with Crippen LogP contribution in [0.4, 0.5) is 17.1 Å². The summed E-state index contributed by atoms with van der Waals surface area (Å²) >= 11 is 0. The van der Waals surface area contributed by atoms with E-state index in [1.54, 1.807) is 0 Å². The summed E-state index contributed by atoms with van der Waals surface area (Å²) in [5, 5.41) is 5.24. The summed E-state index contributed by atoms with van der Waals surface area (Å²) in [6, 6.07) is 65.1. The zero-order valence-electron chi connectivity index (χ0n) is 40.0. The van der Waals surface area contributed by atoms with Crippen LogP contribution in [0.5, 0.6) is 0 Å². The maximum atomic E-state index is 2.64. The number of fused-ring (bicyclic) bond motifs is 10. The molecule has 2 aliphatic carbocycles. The van der Waals surface area contributed by atoms with Gasteiger partial charge in [0.15, 0.2) is 0 Å². The van der Waals surface area contributed by atoms with Gasteiger partial charge in [-0.3, -0.25) is 0 Å². The van der Waals surface area contributed by atoms with Crippen molar-refractivity contribution in [2.75, 3.05) is 4.90 Å². The first kappa shape index (κ1) is 40.8. The number of rotatable bonds is 6. The molecule has 1 aliphatic heterocycles. The molecule has 1 nitrogen and oxygen atoms in total. The van der Waals surface area contributed by atoms with Crippen molar-refractivity contribution >= 4 is 38.6 Å². The van der Waals surface area contributed by atoms with Gasteiger partial charge in [0.25, 0.3) is 0 Å². The average Bonchev–Trinajstić information content (AvgIpc) is 3.68. The molecular formula is C65H59N. The summed E-state index contributed by atoms with van der Waals surface area (Å²) in [5.41, 5.74) is 24.2. The minimum Gasteiger partial charge on any atom is -0.309 e. The van der Waals surface area contributed by atoms with Crippen molar-refractivity contribution in [2.45, 2.75) is 96.8 Å². The fraction of sp³-hybridized carbons (Fsp3) is 0.231. The fourth-order valence-electron chi connectivity index (χ4n) is 13.1. The summed E-state index contributed by atoms with van der Waals surface area (Å²) in [5.74, 6) is 0. The molecule has 0 radical (unpaired) electrons. The molecule has 0 spiro atoms. The first-order chi connectivity index (χ1) is 31.7. The Morgan fingerprint density at radius 1 is 0.394 bits per heavy atom. The van der Waals surface area contributed by atoms with Gasteiger partial charge in [-0.25, -0.2) is 0 Å². The van der Waals surface area contributed by atoms with E-state index in [0.29, 0.717) is 0 Å². The van der Waals surface area contributed by atoms with E-state index in [-0.39, 0.29) is 21.7 Å². The third-order valence-corrected chi connectivity index (χ3v) is 16.6. The molecule has 0 aromatic heterocycles. The van der Waals surface area contributed by atoms with E-state index >= 15 is 0 Å². The average molecular weight is 854 g/mol. The van der Waals surface area contributed by atoms with Crippen LogP contribution in [0.25, 0.3) is 43.8 Å². The maximum absolute atomic E-state index is 2.64. The Labute approximate surface area is 391 Å². The van der Waals surface area contributed by atoms with Crippen molar-refractivity contribution < 1.29 is 0 Å². The molecule has 1 heterocycles. The molecular weight excluding hydrogens is 795 g/mol. The van der Waals surface area contributed by atoms with Crippen molar-refractivity contribution in [3.8, 4) is 22.3 Å². The summed E-state index contributed by atoms with van der Waals surface area (Å²) < 4.78 is 0. The van der Waals surface area contributed by atoms with Crippen LogP contribution in [0.3, 0.4) is 0 Å². The van der Waals surface area contributed by atoms with Crippen LogP contribution in [0.2, 0.25) is 0 Å². The second-order valence-corrected chi connectivity index (χ2v) is 21.6. The number of para-hydroxylation sites is 1. The SMILES string of the molecule is Cc1cc2c(cc1C(C)(C)c1ccccc1CCc1c3ccccc3c(N3c4ccccc4C(C)(C)c4cc5c(cc43)C(C)(C)c3ccccc3-5)c3ccccc13)-c1ccccc1C2(C)C. The van der Waals surface area contributed by atoms with Crippen molar-refractivity contribution in [1.29, 1.82) is 0 Å². The second-order valence-electron chi connectivity index (χ2n) is 21.6. The highest BCUT2D eigenvalue weighted by Crippen LogP contribution is 2.59. The Balaban J connectivity index is 1.00. The van der Waals surface area contributed by atoms with Gasteiger partial charge in [0.1, 0.15) is 0 Å². The maximum Gasteiger partial charge on any atom is 0.0618 e. The van der Waals surface area contributed by atoms with Crippen molar-refractivity contribution in [2.24, 2.45) is 0 Å². The predicted molar refractivity (Wildman–Crippen MR) is 281 cm³/mol. The molecule has 9 aromatic rings. The third kappa shape index (κ3) is 5.59. The van der Waals surface area contributed by atoms with E-state index in [9.17, 15) is 0 Å². The van der Waals surface area contributed by atoms with Crippen LogP contribution in [-0.2, 0) is 34.5 Å². The minimum absolute atomic E-state index is 0.0146. The molecule has 324 valence electrons. The normalized spacial score (nSPS) is 15.8. The smallest absolute Gasteiger partial charge is 0.0618 e. The van der Waals surface area contributed by atoms with E-state index < -0.39 is 0 Å². The molecule has 0 amide bonds. The van der Waals surface area contributed by atoms with Crippen LogP contribution in [0, 0.1) is 6.92 Å². The minimum atomic E-state index is -0.204. The monoisotopic (exact) mass is 853 g/mol. The number of hydrogen-bond acceptors (Lipinski definition) is 1. The van der Waals surface area contributed by atoms with Gasteiger partial charge in [-0.1, -0.05) is 201 Å². The highest BCUT2D eigenvalue weighted by atomic mass is 15.2. The van der Waals surface area contributed by atoms with Crippen LogP contribution < -0.4 is 4.90 Å². The van der Waals surface area contributed by atoms with Crippen LogP contribution in [-0.4, -0.2) is 0 Å². The molecule has 66 heavy (non-hydrogen) atoms. The molecule has 9 aromatic carbocycles. The number of aryl methyl sites for hydroxylation is 3. The molecule has 0 unspecified atom stereocenters. The number of nitrogens with zero attached hydrogens (tertiary/aromatic N) is 1. The van der Waals surface area contributed by atoms with Crippen molar-refractivity contribution in [1.82, 2.24) is 0 Å². The van der Waals surface area contributed by atoms with Gasteiger partial charge >= 0.3 is 0 Å². The van der Waals surface area contributed by atoms with E-state index in [1.165, 1.54) is 122 Å². The zero-order valence-corrected chi connectivity index (χ0v) is 40.0. The lowest BCUT2D eigenvalue weighted by Crippen LogP contribution is -2.31. The molecule has 3 aliphatic rings. The first-order valence-electron chi connectivity index (χ1n) is 24.2. The second kappa shape index (κ2) is 14.2. The van der Waals surface area contributed by atoms with E-state index in [0.717, 1.165) is 12.8 Å². The van der Waals surface area contributed by atoms with Gasteiger partial charge in [0.05, 0.1) is 17.1 Å². The Kier molecular flexibility index (Phi) is 8.74. The summed E-state index contributed by atoms with van der Waals surface area (Å²) in [6.07, 6.45) is 1.87. The predicted octanol–water partition coefficient (Wildman–Crippen LogP) is 17.1. The van der Waals surface area contributed by atoms with Gasteiger partial charge in [0.2, 0.25) is 0 Å². The lowest BCUT2D eigenvalue weighted by molar-refractivity contribution is 0.622. The van der Waals surface area contributed by atoms with Crippen LogP contribution in [0.1, 0.15) is 117 Å². The van der Waals surface area contributed by atoms with E-state index in [2.05, 4.69) is 237 Å². The summed E-state index contributed by atoms with van der Waals surface area (Å²) in [7, 11) is 0. The van der Waals surface area contributed by atoms with Gasteiger partial charge in [-0.15, -0.1) is 0 Å². The Hall–Kier alpha value is -6.70. The van der Waals surface area contributed by atoms with E-state index in [4.69, 9.17) is 0 Å². The standard InChI is InChI=1S/C65H59N/c1-40-36-56-49(45-25-15-18-30-52(45)63(56,4)5)37-55(40)62(2,3)51-29-17-10-22-41(51)34-35-44-42-23-11-13-27-47(42)61(48-28-14-12-24-43(44)48)66-59-33-21-20-32-54(59)65(8,9)58-38-50-46-26-16-19-31-53(46)64(6,7)57(50)39-60(58)66/h10-33,36-39H,34-35H2,1-9H3. The zero-order chi connectivity index (χ0) is 45.5. The topological polar surface area (TPSA) is 3.24 Å². The van der Waals surface area contributed by atoms with Crippen LogP contribution >= 0.6 is 0 Å². The van der Waals surface area contributed by atoms with Gasteiger partial charge in [-0.05, 0) is 138 Å². The number of hydrogen-bond donors (Lipinski definition) is 0. The Morgan fingerprint density at radius 3 is 1.52 bits per heavy atom. The number of benzene rings is 9. The third-order valence-electron chi connectivity index (χ3n) is 16.6. The lowest BCUT2D eigenvalue weighted by atomic mass is 9.71. The lowest BCUT2D eigenvalue weighted by Gasteiger charge is -2.43. The molecule has 1 heteroatoms. The van der Waals surface area contributed by atoms with E-state index in [1.807, 2.05) is 0 Å². The molecule has 12 rings (SSSR count). The quantitative estimate of drug-likeness (QED) is 0.151. The summed E-state index contributed by atoms with van der Waals surface area (Å²) in [6.45, 7) is 21.6. The fourth-order valence-corrected chi connectivity index (χ4v) is 13.1. The molecule has 0 saturated carbocycles. The van der Waals surface area contributed by atoms with Crippen molar-refractivity contribution in [3.63, 3.8) is 0 Å². The Bertz CT molecular complexity index is 3440. The summed E-state index contributed by atoms with van der Waals surface area (Å²) in [4.78, 5) is 2.64. The van der Waals surface area contributed by atoms with Gasteiger partial charge in [0, 0.05) is 32.4 Å². The molecule has 0 saturated heterocycles. The molecule has 0 fully saturated rings. The largest absolute Gasteiger partial charge is 0.309 e. The van der Waals surface area contributed by atoms with Gasteiger partial charge < -0.3 is 4.90 Å². The highest BCUT2D eigenvalue weighted by Gasteiger charge is 2.43. The number of anilines is 3. The van der Waals surface area contributed by atoms with Gasteiger partial charge in [-0.2, -0.15) is 0 Å².